The molecule has 0 bridgehead atoms. The molecule has 196 valence electrons. The van der Waals surface area contributed by atoms with Crippen LogP contribution >= 0.6 is 0 Å². The van der Waals surface area contributed by atoms with E-state index in [1.807, 2.05) is 41.1 Å². The number of carbonyl (C=O) groups excluding carboxylic acids is 1. The van der Waals surface area contributed by atoms with Crippen molar-refractivity contribution in [3.8, 4) is 5.82 Å². The number of aromatic nitrogens is 4. The number of anilines is 1. The van der Waals surface area contributed by atoms with Gasteiger partial charge in [-0.05, 0) is 48.2 Å². The first-order valence-corrected chi connectivity index (χ1v) is 13.4. The highest BCUT2D eigenvalue weighted by molar-refractivity contribution is 5.90. The number of hydrogen-bond donors (Lipinski definition) is 1. The van der Waals surface area contributed by atoms with Crippen LogP contribution in [0.25, 0.3) is 16.7 Å². The standard InChI is InChI=1S/C29H33N7O2/c37-29(31-20-22-4-3-11-30-19-22)18-23-21-36(26-6-2-1-5-25(23)26)28-8-7-27(32-33-28)35-12-9-24(10-13-35)34-14-16-38-17-15-34/h1-8,11,19,21,24H,9-10,12-18,20H2,(H,31,37). The van der Waals surface area contributed by atoms with Gasteiger partial charge in [0, 0.05) is 62.7 Å². The predicted molar refractivity (Wildman–Crippen MR) is 146 cm³/mol. The van der Waals surface area contributed by atoms with Crippen molar-refractivity contribution in [3.63, 3.8) is 0 Å². The molecule has 9 heteroatoms. The highest BCUT2D eigenvalue weighted by atomic mass is 16.5. The van der Waals surface area contributed by atoms with Gasteiger partial charge in [-0.25, -0.2) is 0 Å². The molecular formula is C29H33N7O2. The van der Waals surface area contributed by atoms with Crippen molar-refractivity contribution in [1.29, 1.82) is 0 Å². The zero-order valence-electron chi connectivity index (χ0n) is 21.5. The van der Waals surface area contributed by atoms with Gasteiger partial charge in [0.1, 0.15) is 0 Å². The molecule has 0 spiro atoms. The number of fused-ring (bicyclic) bond motifs is 1. The van der Waals surface area contributed by atoms with Crippen molar-refractivity contribution in [2.24, 2.45) is 0 Å². The Kier molecular flexibility index (Phi) is 7.28. The summed E-state index contributed by atoms with van der Waals surface area (Å²) in [6.07, 6.45) is 8.06. The largest absolute Gasteiger partial charge is 0.379 e. The van der Waals surface area contributed by atoms with Gasteiger partial charge < -0.3 is 15.0 Å². The highest BCUT2D eigenvalue weighted by Gasteiger charge is 2.26. The number of rotatable bonds is 7. The maximum absolute atomic E-state index is 12.7. The van der Waals surface area contributed by atoms with Crippen molar-refractivity contribution in [1.82, 2.24) is 30.0 Å². The van der Waals surface area contributed by atoms with E-state index in [2.05, 4.69) is 48.5 Å². The Balaban J connectivity index is 1.13. The molecule has 0 radical (unpaired) electrons. The van der Waals surface area contributed by atoms with E-state index in [1.165, 1.54) is 0 Å². The monoisotopic (exact) mass is 511 g/mol. The van der Waals surface area contributed by atoms with Crippen LogP contribution in [0.15, 0.2) is 67.1 Å². The number of nitrogens with one attached hydrogen (secondary N) is 1. The number of benzene rings is 1. The minimum atomic E-state index is -0.0290. The molecule has 5 heterocycles. The number of ether oxygens (including phenoxy) is 1. The zero-order chi connectivity index (χ0) is 25.7. The molecule has 1 N–H and O–H groups in total. The number of piperidine rings is 1. The van der Waals surface area contributed by atoms with Crippen molar-refractivity contribution in [2.45, 2.75) is 31.8 Å². The number of carbonyl (C=O) groups is 1. The van der Waals surface area contributed by atoms with Crippen LogP contribution in [0, 0.1) is 0 Å². The van der Waals surface area contributed by atoms with Crippen LogP contribution in [-0.2, 0) is 22.5 Å². The summed E-state index contributed by atoms with van der Waals surface area (Å²) in [6, 6.07) is 16.6. The van der Waals surface area contributed by atoms with Crippen LogP contribution in [0.2, 0.25) is 0 Å². The smallest absolute Gasteiger partial charge is 0.224 e. The fourth-order valence-corrected chi connectivity index (χ4v) is 5.54. The Morgan fingerprint density at radius 2 is 1.74 bits per heavy atom. The van der Waals surface area contributed by atoms with Crippen molar-refractivity contribution < 1.29 is 9.53 Å². The lowest BCUT2D eigenvalue weighted by Crippen LogP contribution is -2.49. The molecule has 0 atom stereocenters. The van der Waals surface area contributed by atoms with Crippen molar-refractivity contribution in [3.05, 3.63) is 78.2 Å². The SMILES string of the molecule is O=C(Cc1cn(-c2ccc(N3CCC(N4CCOCC4)CC3)nn2)c2ccccc12)NCc1cccnc1. The molecule has 0 unspecified atom stereocenters. The third kappa shape index (κ3) is 5.39. The maximum atomic E-state index is 12.7. The summed E-state index contributed by atoms with van der Waals surface area (Å²) in [5.74, 6) is 1.63. The molecule has 2 aliphatic heterocycles. The second kappa shape index (κ2) is 11.3. The van der Waals surface area contributed by atoms with Crippen molar-refractivity contribution in [2.75, 3.05) is 44.3 Å². The molecular weight excluding hydrogens is 478 g/mol. The van der Waals surface area contributed by atoms with Crippen LogP contribution in [-0.4, -0.2) is 76.0 Å². The van der Waals surface area contributed by atoms with Crippen LogP contribution in [0.4, 0.5) is 5.82 Å². The molecule has 0 saturated carbocycles. The normalized spacial score (nSPS) is 17.1. The Bertz CT molecular complexity index is 1360. The van der Waals surface area contributed by atoms with E-state index in [0.717, 1.165) is 85.9 Å². The van der Waals surface area contributed by atoms with Gasteiger partial charge >= 0.3 is 0 Å². The third-order valence-electron chi connectivity index (χ3n) is 7.59. The Hall–Kier alpha value is -3.82. The summed E-state index contributed by atoms with van der Waals surface area (Å²) in [6.45, 7) is 6.21. The molecule has 1 amide bonds. The first-order chi connectivity index (χ1) is 18.7. The minimum absolute atomic E-state index is 0.0290. The topological polar surface area (TPSA) is 88.4 Å². The van der Waals surface area contributed by atoms with Gasteiger partial charge in [0.2, 0.25) is 5.91 Å². The van der Waals surface area contributed by atoms with Gasteiger partial charge in [-0.3, -0.25) is 19.2 Å². The number of para-hydroxylation sites is 1. The van der Waals surface area contributed by atoms with E-state index in [1.54, 1.807) is 12.4 Å². The molecule has 0 aliphatic carbocycles. The molecule has 3 aromatic heterocycles. The highest BCUT2D eigenvalue weighted by Crippen LogP contribution is 2.26. The fraction of sp³-hybridized carbons (Fsp3) is 0.379. The number of amides is 1. The third-order valence-corrected chi connectivity index (χ3v) is 7.59. The lowest BCUT2D eigenvalue weighted by Gasteiger charge is -2.40. The molecule has 2 fully saturated rings. The Morgan fingerprint density at radius 3 is 2.50 bits per heavy atom. The van der Waals surface area contributed by atoms with Gasteiger partial charge in [-0.1, -0.05) is 24.3 Å². The summed E-state index contributed by atoms with van der Waals surface area (Å²) in [5.41, 5.74) is 2.94. The summed E-state index contributed by atoms with van der Waals surface area (Å²) in [7, 11) is 0. The second-order valence-corrected chi connectivity index (χ2v) is 9.97. The van der Waals surface area contributed by atoms with E-state index in [9.17, 15) is 4.79 Å². The molecule has 2 aliphatic rings. The zero-order valence-corrected chi connectivity index (χ0v) is 21.5. The summed E-state index contributed by atoms with van der Waals surface area (Å²) in [5, 5.41) is 13.2. The average molecular weight is 512 g/mol. The number of pyridine rings is 1. The maximum Gasteiger partial charge on any atom is 0.224 e. The molecule has 4 aromatic rings. The summed E-state index contributed by atoms with van der Waals surface area (Å²) in [4.78, 5) is 21.7. The number of nitrogens with zero attached hydrogens (tertiary/aromatic N) is 6. The second-order valence-electron chi connectivity index (χ2n) is 9.97. The van der Waals surface area contributed by atoms with Gasteiger partial charge in [0.25, 0.3) is 0 Å². The quantitative estimate of drug-likeness (QED) is 0.408. The van der Waals surface area contributed by atoms with Crippen LogP contribution in [0.1, 0.15) is 24.0 Å². The van der Waals surface area contributed by atoms with Crippen LogP contribution < -0.4 is 10.2 Å². The molecule has 6 rings (SSSR count). The summed E-state index contributed by atoms with van der Waals surface area (Å²) >= 11 is 0. The van der Waals surface area contributed by atoms with Gasteiger partial charge in [-0.15, -0.1) is 10.2 Å². The first kappa shape index (κ1) is 24.5. The molecule has 38 heavy (non-hydrogen) atoms. The first-order valence-electron chi connectivity index (χ1n) is 13.4. The lowest BCUT2D eigenvalue weighted by atomic mass is 10.0. The van der Waals surface area contributed by atoms with E-state index in [-0.39, 0.29) is 12.3 Å². The number of hydrogen-bond acceptors (Lipinski definition) is 7. The molecule has 2 saturated heterocycles. The van der Waals surface area contributed by atoms with E-state index in [4.69, 9.17) is 4.74 Å². The lowest BCUT2D eigenvalue weighted by molar-refractivity contribution is -0.120. The Labute approximate surface area is 222 Å². The molecule has 9 nitrogen and oxygen atoms in total. The minimum Gasteiger partial charge on any atom is -0.379 e. The Morgan fingerprint density at radius 1 is 0.947 bits per heavy atom. The van der Waals surface area contributed by atoms with Gasteiger partial charge in [0.15, 0.2) is 11.6 Å². The molecule has 1 aromatic carbocycles. The van der Waals surface area contributed by atoms with Crippen molar-refractivity contribution >= 4 is 22.6 Å². The van der Waals surface area contributed by atoms with Crippen LogP contribution in [0.5, 0.6) is 0 Å². The predicted octanol–water partition coefficient (Wildman–Crippen LogP) is 2.98. The van der Waals surface area contributed by atoms with E-state index >= 15 is 0 Å². The van der Waals surface area contributed by atoms with Crippen LogP contribution in [0.3, 0.4) is 0 Å². The van der Waals surface area contributed by atoms with Gasteiger partial charge in [0.05, 0.1) is 25.2 Å². The van der Waals surface area contributed by atoms with E-state index in [0.29, 0.717) is 12.6 Å². The average Bonchev–Trinajstić information content (AvgIpc) is 3.35. The van der Waals surface area contributed by atoms with E-state index < -0.39 is 0 Å². The fourth-order valence-electron chi connectivity index (χ4n) is 5.54. The van der Waals surface area contributed by atoms with Gasteiger partial charge in [-0.2, -0.15) is 0 Å². The summed E-state index contributed by atoms with van der Waals surface area (Å²) < 4.78 is 7.54. The number of morpholine rings is 1.